The lowest BCUT2D eigenvalue weighted by Gasteiger charge is -2.12. The molecule has 0 aliphatic heterocycles. The average Bonchev–Trinajstić information content (AvgIpc) is 2.61. The summed E-state index contributed by atoms with van der Waals surface area (Å²) in [4.78, 5) is 35.5. The molecule has 2 aromatic carbocycles. The number of anilines is 2. The maximum atomic E-state index is 12.4. The van der Waals surface area contributed by atoms with Crippen molar-refractivity contribution in [3.8, 4) is 0 Å². The van der Waals surface area contributed by atoms with Gasteiger partial charge in [-0.3, -0.25) is 14.4 Å². The molecule has 136 valence electrons. The Labute approximate surface area is 153 Å². The first-order chi connectivity index (χ1) is 12.4. The van der Waals surface area contributed by atoms with E-state index in [4.69, 9.17) is 0 Å². The van der Waals surface area contributed by atoms with Crippen LogP contribution in [0.4, 0.5) is 11.4 Å². The molecule has 0 aliphatic rings. The Kier molecular flexibility index (Phi) is 6.49. The molecule has 3 N–H and O–H groups in total. The van der Waals surface area contributed by atoms with Gasteiger partial charge in [0.2, 0.25) is 5.91 Å². The molecule has 1 unspecified atom stereocenters. The molecule has 0 saturated heterocycles. The Bertz CT molecular complexity index is 800. The minimum atomic E-state index is -0.293. The highest BCUT2D eigenvalue weighted by Crippen LogP contribution is 2.16. The van der Waals surface area contributed by atoms with Crippen LogP contribution in [0, 0.1) is 0 Å². The summed E-state index contributed by atoms with van der Waals surface area (Å²) < 4.78 is 0. The van der Waals surface area contributed by atoms with E-state index in [1.807, 2.05) is 13.8 Å². The van der Waals surface area contributed by atoms with E-state index in [1.54, 1.807) is 48.5 Å². The van der Waals surface area contributed by atoms with Crippen molar-refractivity contribution < 1.29 is 14.4 Å². The van der Waals surface area contributed by atoms with Crippen molar-refractivity contribution in [3.63, 3.8) is 0 Å². The van der Waals surface area contributed by atoms with Crippen LogP contribution in [0.1, 0.15) is 47.9 Å². The smallest absolute Gasteiger partial charge is 0.255 e. The number of carbonyl (C=O) groups excluding carboxylic acids is 3. The lowest BCUT2D eigenvalue weighted by molar-refractivity contribution is -0.114. The van der Waals surface area contributed by atoms with Crippen molar-refractivity contribution in [2.45, 2.75) is 33.2 Å². The Morgan fingerprint density at radius 2 is 1.42 bits per heavy atom. The highest BCUT2D eigenvalue weighted by Gasteiger charge is 2.11. The molecule has 1 atom stereocenters. The Morgan fingerprint density at radius 3 is 1.96 bits per heavy atom. The molecular weight excluding hydrogens is 330 g/mol. The van der Waals surface area contributed by atoms with Gasteiger partial charge in [0.15, 0.2) is 0 Å². The first-order valence-corrected chi connectivity index (χ1v) is 8.49. The largest absolute Gasteiger partial charge is 0.350 e. The predicted molar refractivity (Wildman–Crippen MR) is 102 cm³/mol. The van der Waals surface area contributed by atoms with Gasteiger partial charge < -0.3 is 16.0 Å². The molecule has 6 heteroatoms. The number of hydrogen-bond acceptors (Lipinski definition) is 3. The molecule has 0 aliphatic carbocycles. The first-order valence-electron chi connectivity index (χ1n) is 8.49. The molecule has 0 saturated carbocycles. The molecule has 26 heavy (non-hydrogen) atoms. The number of amides is 3. The minimum Gasteiger partial charge on any atom is -0.350 e. The molecule has 0 heterocycles. The predicted octanol–water partition coefficient (Wildman–Crippen LogP) is 3.43. The number of nitrogens with one attached hydrogen (secondary N) is 3. The molecule has 3 amide bonds. The Morgan fingerprint density at radius 1 is 0.885 bits per heavy atom. The van der Waals surface area contributed by atoms with Gasteiger partial charge in [-0.1, -0.05) is 13.0 Å². The van der Waals surface area contributed by atoms with E-state index in [2.05, 4.69) is 16.0 Å². The normalized spacial score (nSPS) is 11.3. The van der Waals surface area contributed by atoms with E-state index in [-0.39, 0.29) is 23.8 Å². The van der Waals surface area contributed by atoms with E-state index in [1.165, 1.54) is 6.92 Å². The molecule has 2 rings (SSSR count). The van der Waals surface area contributed by atoms with Gasteiger partial charge in [0.05, 0.1) is 0 Å². The topological polar surface area (TPSA) is 87.3 Å². The fraction of sp³-hybridized carbons (Fsp3) is 0.250. The molecule has 2 aromatic rings. The van der Waals surface area contributed by atoms with Gasteiger partial charge >= 0.3 is 0 Å². The monoisotopic (exact) mass is 353 g/mol. The third-order valence-electron chi connectivity index (χ3n) is 3.84. The van der Waals surface area contributed by atoms with Crippen LogP contribution in [-0.4, -0.2) is 23.8 Å². The summed E-state index contributed by atoms with van der Waals surface area (Å²) in [6.07, 6.45) is 0.851. The van der Waals surface area contributed by atoms with Gasteiger partial charge in [0.1, 0.15) is 0 Å². The van der Waals surface area contributed by atoms with Crippen molar-refractivity contribution in [2.24, 2.45) is 0 Å². The zero-order chi connectivity index (χ0) is 19.1. The molecule has 0 bridgehead atoms. The van der Waals surface area contributed by atoms with Gasteiger partial charge in [-0.15, -0.1) is 0 Å². The van der Waals surface area contributed by atoms with E-state index >= 15 is 0 Å². The van der Waals surface area contributed by atoms with Crippen molar-refractivity contribution in [1.82, 2.24) is 5.32 Å². The van der Waals surface area contributed by atoms with Gasteiger partial charge in [-0.05, 0) is 55.8 Å². The van der Waals surface area contributed by atoms with Crippen LogP contribution in [0.15, 0.2) is 48.5 Å². The van der Waals surface area contributed by atoms with Crippen LogP contribution in [0.5, 0.6) is 0 Å². The van der Waals surface area contributed by atoms with Crippen molar-refractivity contribution in [1.29, 1.82) is 0 Å². The van der Waals surface area contributed by atoms with Gasteiger partial charge in [0, 0.05) is 35.5 Å². The molecule has 0 fully saturated rings. The summed E-state index contributed by atoms with van der Waals surface area (Å²) in [7, 11) is 0. The van der Waals surface area contributed by atoms with Crippen molar-refractivity contribution >= 4 is 29.1 Å². The summed E-state index contributed by atoms with van der Waals surface area (Å²) in [6, 6.07) is 13.5. The Hall–Kier alpha value is -3.15. The third-order valence-corrected chi connectivity index (χ3v) is 3.84. The van der Waals surface area contributed by atoms with Crippen LogP contribution in [0.2, 0.25) is 0 Å². The second-order valence-electron chi connectivity index (χ2n) is 6.08. The third kappa shape index (κ3) is 5.44. The van der Waals surface area contributed by atoms with Crippen LogP contribution < -0.4 is 16.0 Å². The molecule has 0 radical (unpaired) electrons. The van der Waals surface area contributed by atoms with Crippen LogP contribution in [0.3, 0.4) is 0 Å². The zero-order valence-corrected chi connectivity index (χ0v) is 15.1. The zero-order valence-electron chi connectivity index (χ0n) is 15.1. The summed E-state index contributed by atoms with van der Waals surface area (Å²) in [5.41, 5.74) is 2.12. The fourth-order valence-corrected chi connectivity index (χ4v) is 2.26. The molecule has 0 spiro atoms. The summed E-state index contributed by atoms with van der Waals surface area (Å²) in [5.74, 6) is -0.632. The van der Waals surface area contributed by atoms with Crippen molar-refractivity contribution in [2.75, 3.05) is 10.6 Å². The molecule has 6 nitrogen and oxygen atoms in total. The van der Waals surface area contributed by atoms with Crippen LogP contribution >= 0.6 is 0 Å². The highest BCUT2D eigenvalue weighted by atomic mass is 16.2. The number of hydrogen-bond donors (Lipinski definition) is 3. The van der Waals surface area contributed by atoms with Gasteiger partial charge in [-0.2, -0.15) is 0 Å². The standard InChI is InChI=1S/C20H23N3O3/c1-4-13(2)21-19(25)15-8-10-16(11-9-15)20(26)23-18-7-5-6-17(12-18)22-14(3)24/h5-13H,4H2,1-3H3,(H,21,25)(H,22,24)(H,23,26). The Balaban J connectivity index is 2.04. The maximum Gasteiger partial charge on any atom is 0.255 e. The lowest BCUT2D eigenvalue weighted by atomic mass is 10.1. The SMILES string of the molecule is CCC(C)NC(=O)c1ccc(C(=O)Nc2cccc(NC(C)=O)c2)cc1. The maximum absolute atomic E-state index is 12.4. The number of rotatable bonds is 6. The van der Waals surface area contributed by atoms with E-state index in [9.17, 15) is 14.4 Å². The first kappa shape index (κ1) is 19.2. The summed E-state index contributed by atoms with van der Waals surface area (Å²) in [6.45, 7) is 5.36. The van der Waals surface area contributed by atoms with E-state index < -0.39 is 0 Å². The van der Waals surface area contributed by atoms with Crippen LogP contribution in [-0.2, 0) is 4.79 Å². The molecule has 0 aromatic heterocycles. The number of carbonyl (C=O) groups is 3. The van der Waals surface area contributed by atoms with Gasteiger partial charge in [0.25, 0.3) is 11.8 Å². The van der Waals surface area contributed by atoms with E-state index in [0.717, 1.165) is 6.42 Å². The summed E-state index contributed by atoms with van der Waals surface area (Å²) >= 11 is 0. The quantitative estimate of drug-likeness (QED) is 0.743. The molecular formula is C20H23N3O3. The summed E-state index contributed by atoms with van der Waals surface area (Å²) in [5, 5.41) is 8.32. The second-order valence-corrected chi connectivity index (χ2v) is 6.08. The minimum absolute atomic E-state index is 0.0985. The van der Waals surface area contributed by atoms with Crippen LogP contribution in [0.25, 0.3) is 0 Å². The number of benzene rings is 2. The fourth-order valence-electron chi connectivity index (χ4n) is 2.26. The lowest BCUT2D eigenvalue weighted by Crippen LogP contribution is -2.31. The second kappa shape index (κ2) is 8.80. The highest BCUT2D eigenvalue weighted by molar-refractivity contribution is 6.05. The van der Waals surface area contributed by atoms with Crippen molar-refractivity contribution in [3.05, 3.63) is 59.7 Å². The van der Waals surface area contributed by atoms with E-state index in [0.29, 0.717) is 22.5 Å². The van der Waals surface area contributed by atoms with Gasteiger partial charge in [-0.25, -0.2) is 0 Å². The average molecular weight is 353 g/mol.